The van der Waals surface area contributed by atoms with E-state index in [1.54, 1.807) is 12.1 Å². The Bertz CT molecular complexity index is 794. The standard InChI is InChI=1S/C18H27N3O4S.ClH/c1-18(19)10-4-3-5-14(18)17(22)20-13-8-9-15(25-2)16(11-13)26(23,24)21-12-6-7-12;/h8-9,11-12,14,21H,3-7,10,19H2,1-2H3,(H,20,22);1H. The Morgan fingerprint density at radius 3 is 2.56 bits per heavy atom. The van der Waals surface area contributed by atoms with Crippen molar-refractivity contribution in [1.29, 1.82) is 0 Å². The summed E-state index contributed by atoms with van der Waals surface area (Å²) in [6, 6.07) is 4.63. The van der Waals surface area contributed by atoms with Crippen LogP contribution in [0.2, 0.25) is 0 Å². The van der Waals surface area contributed by atoms with Crippen LogP contribution in [0.3, 0.4) is 0 Å². The van der Waals surface area contributed by atoms with Gasteiger partial charge in [-0.05, 0) is 50.8 Å². The van der Waals surface area contributed by atoms with Crippen molar-refractivity contribution in [3.63, 3.8) is 0 Å². The molecule has 2 unspecified atom stereocenters. The fourth-order valence-electron chi connectivity index (χ4n) is 3.47. The molecule has 0 heterocycles. The summed E-state index contributed by atoms with van der Waals surface area (Å²) in [6.45, 7) is 1.90. The summed E-state index contributed by atoms with van der Waals surface area (Å²) in [7, 11) is -2.27. The van der Waals surface area contributed by atoms with Crippen molar-refractivity contribution < 1.29 is 17.9 Å². The van der Waals surface area contributed by atoms with Gasteiger partial charge < -0.3 is 15.8 Å². The first-order valence-electron chi connectivity index (χ1n) is 9.03. The van der Waals surface area contributed by atoms with E-state index in [1.807, 2.05) is 6.92 Å². The molecule has 3 rings (SSSR count). The Morgan fingerprint density at radius 2 is 1.96 bits per heavy atom. The topological polar surface area (TPSA) is 111 Å². The normalized spacial score (nSPS) is 25.4. The monoisotopic (exact) mass is 417 g/mol. The SMILES string of the molecule is COc1ccc(NC(=O)C2CCCCC2(C)N)cc1S(=O)(=O)NC1CC1.Cl. The highest BCUT2D eigenvalue weighted by molar-refractivity contribution is 7.89. The minimum absolute atomic E-state index is 0. The van der Waals surface area contributed by atoms with E-state index in [1.165, 1.54) is 13.2 Å². The number of benzene rings is 1. The van der Waals surface area contributed by atoms with Gasteiger partial charge in [0.2, 0.25) is 15.9 Å². The third-order valence-corrected chi connectivity index (χ3v) is 6.73. The van der Waals surface area contributed by atoms with Crippen LogP contribution >= 0.6 is 12.4 Å². The summed E-state index contributed by atoms with van der Waals surface area (Å²) in [5.41, 5.74) is 6.18. The second-order valence-corrected chi connectivity index (χ2v) is 9.24. The molecular weight excluding hydrogens is 390 g/mol. The van der Waals surface area contributed by atoms with Crippen molar-refractivity contribution in [2.75, 3.05) is 12.4 Å². The number of carbonyl (C=O) groups excluding carboxylic acids is 1. The highest BCUT2D eigenvalue weighted by Gasteiger charge is 2.38. The van der Waals surface area contributed by atoms with Gasteiger partial charge in [-0.2, -0.15) is 0 Å². The van der Waals surface area contributed by atoms with Gasteiger partial charge in [0.15, 0.2) is 0 Å². The number of methoxy groups -OCH3 is 1. The number of rotatable bonds is 6. The first-order valence-corrected chi connectivity index (χ1v) is 10.5. The Kier molecular flexibility index (Phi) is 6.78. The van der Waals surface area contributed by atoms with Crippen LogP contribution in [-0.2, 0) is 14.8 Å². The van der Waals surface area contributed by atoms with Crippen LogP contribution in [0.5, 0.6) is 5.75 Å². The lowest BCUT2D eigenvalue weighted by Crippen LogP contribution is -2.51. The predicted molar refractivity (Wildman–Crippen MR) is 107 cm³/mol. The third-order valence-electron chi connectivity index (χ3n) is 5.19. The quantitative estimate of drug-likeness (QED) is 0.658. The second-order valence-electron chi connectivity index (χ2n) is 7.55. The van der Waals surface area contributed by atoms with E-state index >= 15 is 0 Å². The average molecular weight is 418 g/mol. The Morgan fingerprint density at radius 1 is 1.26 bits per heavy atom. The molecule has 27 heavy (non-hydrogen) atoms. The summed E-state index contributed by atoms with van der Waals surface area (Å²) in [5.74, 6) is -0.209. The lowest BCUT2D eigenvalue weighted by atomic mass is 9.74. The van der Waals surface area contributed by atoms with E-state index < -0.39 is 15.6 Å². The molecule has 7 nitrogen and oxygen atoms in total. The molecule has 2 fully saturated rings. The van der Waals surface area contributed by atoms with Crippen LogP contribution in [0.25, 0.3) is 0 Å². The molecule has 0 aromatic heterocycles. The zero-order valence-electron chi connectivity index (χ0n) is 15.7. The maximum Gasteiger partial charge on any atom is 0.244 e. The number of hydrogen-bond donors (Lipinski definition) is 3. The number of ether oxygens (including phenoxy) is 1. The zero-order valence-corrected chi connectivity index (χ0v) is 17.3. The van der Waals surface area contributed by atoms with E-state index in [4.69, 9.17) is 10.5 Å². The molecule has 2 saturated carbocycles. The lowest BCUT2D eigenvalue weighted by molar-refractivity contribution is -0.122. The van der Waals surface area contributed by atoms with Crippen molar-refractivity contribution in [2.45, 2.75) is 61.9 Å². The number of anilines is 1. The van der Waals surface area contributed by atoms with Crippen molar-refractivity contribution in [3.05, 3.63) is 18.2 Å². The molecule has 2 aliphatic carbocycles. The van der Waals surface area contributed by atoms with E-state index in [0.717, 1.165) is 38.5 Å². The minimum Gasteiger partial charge on any atom is -0.495 e. The number of nitrogens with two attached hydrogens (primary N) is 1. The van der Waals surface area contributed by atoms with Gasteiger partial charge in [0.25, 0.3) is 0 Å². The summed E-state index contributed by atoms with van der Waals surface area (Å²) in [5, 5.41) is 2.83. The molecule has 1 aromatic carbocycles. The van der Waals surface area contributed by atoms with Crippen molar-refractivity contribution in [2.24, 2.45) is 11.7 Å². The van der Waals surface area contributed by atoms with Crippen LogP contribution in [0.4, 0.5) is 5.69 Å². The number of sulfonamides is 1. The average Bonchev–Trinajstić information content (AvgIpc) is 3.37. The van der Waals surface area contributed by atoms with Gasteiger partial charge in [0.05, 0.1) is 13.0 Å². The first-order chi connectivity index (χ1) is 12.2. The molecule has 0 bridgehead atoms. The largest absolute Gasteiger partial charge is 0.495 e. The molecular formula is C18H28ClN3O4S. The third kappa shape index (κ3) is 5.13. The number of halogens is 1. The van der Waals surface area contributed by atoms with Crippen LogP contribution in [0.15, 0.2) is 23.1 Å². The van der Waals surface area contributed by atoms with Crippen LogP contribution < -0.4 is 20.5 Å². The highest BCUT2D eigenvalue weighted by atomic mass is 35.5. The zero-order chi connectivity index (χ0) is 18.9. The minimum atomic E-state index is -3.70. The van der Waals surface area contributed by atoms with Gasteiger partial charge in [-0.3, -0.25) is 4.79 Å². The molecule has 9 heteroatoms. The first kappa shape index (κ1) is 21.9. The molecule has 1 aromatic rings. The lowest BCUT2D eigenvalue weighted by Gasteiger charge is -2.37. The van der Waals surface area contributed by atoms with Gasteiger partial charge >= 0.3 is 0 Å². The molecule has 0 saturated heterocycles. The van der Waals surface area contributed by atoms with Crippen molar-refractivity contribution in [3.8, 4) is 5.75 Å². The molecule has 1 amide bonds. The number of hydrogen-bond acceptors (Lipinski definition) is 5. The Labute approximate surface area is 166 Å². The van der Waals surface area contributed by atoms with Crippen LogP contribution in [0.1, 0.15) is 45.4 Å². The van der Waals surface area contributed by atoms with E-state index in [2.05, 4.69) is 10.0 Å². The summed E-state index contributed by atoms with van der Waals surface area (Å²) >= 11 is 0. The Balaban J connectivity index is 0.00000261. The summed E-state index contributed by atoms with van der Waals surface area (Å²) in [4.78, 5) is 12.7. The van der Waals surface area contributed by atoms with Gasteiger partial charge in [-0.15, -0.1) is 12.4 Å². The van der Waals surface area contributed by atoms with Gasteiger partial charge in [-0.25, -0.2) is 13.1 Å². The van der Waals surface area contributed by atoms with Gasteiger partial charge in [0, 0.05) is 17.3 Å². The predicted octanol–water partition coefficient (Wildman–Crippen LogP) is 2.40. The smallest absolute Gasteiger partial charge is 0.244 e. The van der Waals surface area contributed by atoms with E-state index in [-0.39, 0.29) is 40.9 Å². The molecule has 2 atom stereocenters. The fourth-order valence-corrected chi connectivity index (χ4v) is 4.97. The number of nitrogens with one attached hydrogen (secondary N) is 2. The maximum atomic E-state index is 12.7. The fraction of sp³-hybridized carbons (Fsp3) is 0.611. The van der Waals surface area contributed by atoms with E-state index in [9.17, 15) is 13.2 Å². The van der Waals surface area contributed by atoms with Crippen LogP contribution in [-0.4, -0.2) is 33.0 Å². The molecule has 152 valence electrons. The molecule has 0 spiro atoms. The maximum absolute atomic E-state index is 12.7. The van der Waals surface area contributed by atoms with Crippen LogP contribution in [0, 0.1) is 5.92 Å². The summed E-state index contributed by atoms with van der Waals surface area (Å²) < 4.78 is 33.0. The molecule has 0 radical (unpaired) electrons. The second kappa shape index (κ2) is 8.34. The molecule has 4 N–H and O–H groups in total. The Hall–Kier alpha value is -1.35. The van der Waals surface area contributed by atoms with Gasteiger partial charge in [0.1, 0.15) is 10.6 Å². The molecule has 2 aliphatic rings. The number of amides is 1. The van der Waals surface area contributed by atoms with Crippen molar-refractivity contribution >= 4 is 34.0 Å². The number of carbonyl (C=O) groups is 1. The van der Waals surface area contributed by atoms with E-state index in [0.29, 0.717) is 5.69 Å². The molecule has 0 aliphatic heterocycles. The summed E-state index contributed by atoms with van der Waals surface area (Å²) in [6.07, 6.45) is 5.22. The van der Waals surface area contributed by atoms with Gasteiger partial charge in [-0.1, -0.05) is 12.8 Å². The van der Waals surface area contributed by atoms with Crippen molar-refractivity contribution in [1.82, 2.24) is 4.72 Å². The highest BCUT2D eigenvalue weighted by Crippen LogP contribution is 2.34.